The molecule has 0 N–H and O–H groups in total. The molecule has 282 valence electrons. The molecule has 10 atom stereocenters. The largest absolute Gasteiger partial charge is 0.463 e. The Morgan fingerprint density at radius 3 is 1.41 bits per heavy atom. The second-order valence-corrected chi connectivity index (χ2v) is 11.5. The van der Waals surface area contributed by atoms with Gasteiger partial charge in [-0.1, -0.05) is 30.3 Å². The number of hydrogen-bond donors (Lipinski definition) is 0. The van der Waals surface area contributed by atoms with Crippen LogP contribution in [0.25, 0.3) is 0 Å². The van der Waals surface area contributed by atoms with E-state index in [1.54, 1.807) is 30.3 Å². The van der Waals surface area contributed by atoms with E-state index in [4.69, 9.17) is 52.1 Å². The Balaban J connectivity index is 2.13. The van der Waals surface area contributed by atoms with Crippen molar-refractivity contribution in [1.29, 1.82) is 0 Å². The molecular weight excluding hydrogens is 684 g/mol. The summed E-state index contributed by atoms with van der Waals surface area (Å²) in [6.45, 7) is 6.51. The van der Waals surface area contributed by atoms with Gasteiger partial charge in [0.25, 0.3) is 0 Å². The van der Waals surface area contributed by atoms with Crippen LogP contribution in [0.3, 0.4) is 0 Å². The molecule has 0 radical (unpaired) electrons. The quantitative estimate of drug-likeness (QED) is 0.191. The highest BCUT2D eigenvalue weighted by Crippen LogP contribution is 2.36. The summed E-state index contributed by atoms with van der Waals surface area (Å²) in [5, 5.41) is 0. The Kier molecular flexibility index (Phi) is 15.3. The van der Waals surface area contributed by atoms with Gasteiger partial charge in [0.1, 0.15) is 31.5 Å². The predicted molar refractivity (Wildman–Crippen MR) is 164 cm³/mol. The summed E-state index contributed by atoms with van der Waals surface area (Å²) in [6.07, 6.45) is -15.4. The topological polar surface area (TPSA) is 221 Å². The highest BCUT2D eigenvalue weighted by molar-refractivity contribution is 5.69. The molecular formula is C33H42O18. The highest BCUT2D eigenvalue weighted by atomic mass is 16.8. The van der Waals surface area contributed by atoms with E-state index < -0.39 is 116 Å². The van der Waals surface area contributed by atoms with E-state index in [-0.39, 0.29) is 6.61 Å². The zero-order valence-electron chi connectivity index (χ0n) is 29.1. The van der Waals surface area contributed by atoms with E-state index in [9.17, 15) is 33.6 Å². The molecule has 0 amide bonds. The molecule has 0 aromatic heterocycles. The van der Waals surface area contributed by atoms with Crippen molar-refractivity contribution >= 4 is 41.8 Å². The Morgan fingerprint density at radius 1 is 0.490 bits per heavy atom. The molecule has 0 spiro atoms. The van der Waals surface area contributed by atoms with Gasteiger partial charge in [-0.25, -0.2) is 0 Å². The van der Waals surface area contributed by atoms with Crippen molar-refractivity contribution in [2.24, 2.45) is 0 Å². The van der Waals surface area contributed by atoms with Gasteiger partial charge in [0.2, 0.25) is 6.29 Å². The van der Waals surface area contributed by atoms with E-state index >= 15 is 0 Å². The van der Waals surface area contributed by atoms with Gasteiger partial charge in [0.05, 0.1) is 6.61 Å². The van der Waals surface area contributed by atoms with Crippen molar-refractivity contribution in [3.8, 4) is 0 Å². The molecule has 0 saturated carbocycles. The lowest BCUT2D eigenvalue weighted by atomic mass is 9.96. The second-order valence-electron chi connectivity index (χ2n) is 11.5. The van der Waals surface area contributed by atoms with Crippen molar-refractivity contribution in [2.75, 3.05) is 13.2 Å². The third-order valence-corrected chi connectivity index (χ3v) is 7.15. The lowest BCUT2D eigenvalue weighted by Crippen LogP contribution is -2.67. The van der Waals surface area contributed by atoms with Gasteiger partial charge in [0.15, 0.2) is 36.8 Å². The first kappa shape index (κ1) is 40.8. The van der Waals surface area contributed by atoms with E-state index in [1.807, 2.05) is 0 Å². The third kappa shape index (κ3) is 12.6. The van der Waals surface area contributed by atoms with Crippen LogP contribution in [0.5, 0.6) is 0 Å². The van der Waals surface area contributed by atoms with Crippen LogP contribution in [-0.2, 0) is 92.3 Å². The highest BCUT2D eigenvalue weighted by Gasteiger charge is 2.57. The Morgan fingerprint density at radius 2 is 0.922 bits per heavy atom. The van der Waals surface area contributed by atoms with Crippen molar-refractivity contribution in [3.05, 3.63) is 35.9 Å². The van der Waals surface area contributed by atoms with Crippen LogP contribution in [-0.4, -0.2) is 116 Å². The van der Waals surface area contributed by atoms with Gasteiger partial charge in [-0.2, -0.15) is 0 Å². The van der Waals surface area contributed by atoms with Gasteiger partial charge in [-0.05, 0) is 5.56 Å². The van der Waals surface area contributed by atoms with E-state index in [0.29, 0.717) is 5.56 Å². The van der Waals surface area contributed by atoms with Crippen molar-refractivity contribution < 1.29 is 85.7 Å². The molecule has 2 aliphatic heterocycles. The standard InChI is InChI=1S/C33H42O18/c1-16(34)41-14-24-26(43-13-23-11-9-8-10-12-23)28(45-19(4)37)30(47-21(6)39)33(49-24)51-31-29(46-20(5)38)27(44-18(3)36)25(15-42-17(2)35)50-32(31)48-22(7)40/h8-12,24-33H,13-15H2,1-7H3/t24-,25-,26-,27+,28+,29-,30+,31-,32+,33+/m1/s1. The fraction of sp³-hybridized carbons (Fsp3) is 0.606. The molecule has 2 fully saturated rings. The fourth-order valence-corrected chi connectivity index (χ4v) is 5.36. The summed E-state index contributed by atoms with van der Waals surface area (Å²) in [6, 6.07) is 8.87. The number of carbonyl (C=O) groups is 7. The molecule has 2 heterocycles. The van der Waals surface area contributed by atoms with E-state index in [1.165, 1.54) is 0 Å². The van der Waals surface area contributed by atoms with Crippen molar-refractivity contribution in [3.63, 3.8) is 0 Å². The van der Waals surface area contributed by atoms with Crippen LogP contribution in [0.1, 0.15) is 54.0 Å². The van der Waals surface area contributed by atoms with Crippen LogP contribution >= 0.6 is 0 Å². The molecule has 0 unspecified atom stereocenters. The number of hydrogen-bond acceptors (Lipinski definition) is 18. The summed E-state index contributed by atoms with van der Waals surface area (Å²) in [5.41, 5.74) is 0.709. The SMILES string of the molecule is CC(=O)OC[C@H]1O[C@H](OC(C)=O)[C@H](O[C@@H]2O[C@H](COC(C)=O)[C@@H](OCc3ccccc3)[C@H](OC(C)=O)[C@@H]2OC(C)=O)[C@H](OC(C)=O)[C@H]1OC(C)=O. The Hall–Kier alpha value is -4.65. The Labute approximate surface area is 293 Å². The van der Waals surface area contributed by atoms with E-state index in [2.05, 4.69) is 0 Å². The monoisotopic (exact) mass is 726 g/mol. The predicted octanol–water partition coefficient (Wildman–Crippen LogP) is 0.823. The zero-order chi connectivity index (χ0) is 37.8. The molecule has 0 aliphatic carbocycles. The maximum atomic E-state index is 12.5. The van der Waals surface area contributed by atoms with Crippen LogP contribution in [0, 0.1) is 0 Å². The van der Waals surface area contributed by atoms with Gasteiger partial charge in [-0.3, -0.25) is 33.6 Å². The first-order valence-corrected chi connectivity index (χ1v) is 15.8. The lowest BCUT2D eigenvalue weighted by Gasteiger charge is -2.48. The minimum absolute atomic E-state index is 0.0468. The van der Waals surface area contributed by atoms with Gasteiger partial charge >= 0.3 is 41.8 Å². The maximum absolute atomic E-state index is 12.5. The second kappa shape index (κ2) is 19.1. The molecule has 18 nitrogen and oxygen atoms in total. The van der Waals surface area contributed by atoms with Crippen molar-refractivity contribution in [1.82, 2.24) is 0 Å². The summed E-state index contributed by atoms with van der Waals surface area (Å²) in [5.74, 6) is -5.78. The minimum Gasteiger partial charge on any atom is -0.463 e. The molecule has 2 saturated heterocycles. The zero-order valence-corrected chi connectivity index (χ0v) is 29.1. The lowest BCUT2D eigenvalue weighted by molar-refractivity contribution is -0.366. The molecule has 51 heavy (non-hydrogen) atoms. The third-order valence-electron chi connectivity index (χ3n) is 7.15. The average molecular weight is 727 g/mol. The normalized spacial score (nSPS) is 28.7. The summed E-state index contributed by atoms with van der Waals surface area (Å²) >= 11 is 0. The fourth-order valence-electron chi connectivity index (χ4n) is 5.36. The summed E-state index contributed by atoms with van der Waals surface area (Å²) < 4.78 is 62.3. The molecule has 1 aromatic rings. The molecule has 3 rings (SSSR count). The number of rotatable bonds is 14. The maximum Gasteiger partial charge on any atom is 0.305 e. The molecule has 0 bridgehead atoms. The number of carbonyl (C=O) groups excluding carboxylic acids is 7. The summed E-state index contributed by atoms with van der Waals surface area (Å²) in [4.78, 5) is 85.4. The van der Waals surface area contributed by atoms with E-state index in [0.717, 1.165) is 48.5 Å². The van der Waals surface area contributed by atoms with Crippen LogP contribution in [0.15, 0.2) is 30.3 Å². The minimum atomic E-state index is -1.77. The van der Waals surface area contributed by atoms with Crippen LogP contribution in [0.4, 0.5) is 0 Å². The number of ether oxygens (including phenoxy) is 11. The first-order valence-electron chi connectivity index (χ1n) is 15.8. The van der Waals surface area contributed by atoms with Crippen molar-refractivity contribution in [2.45, 2.75) is 116 Å². The number of benzene rings is 1. The number of esters is 7. The molecule has 2 aliphatic rings. The average Bonchev–Trinajstić information content (AvgIpc) is 3.02. The Bertz CT molecular complexity index is 1400. The summed E-state index contributed by atoms with van der Waals surface area (Å²) in [7, 11) is 0. The van der Waals surface area contributed by atoms with Crippen LogP contribution < -0.4 is 0 Å². The first-order chi connectivity index (χ1) is 24.0. The van der Waals surface area contributed by atoms with Gasteiger partial charge in [0, 0.05) is 48.5 Å². The van der Waals surface area contributed by atoms with Gasteiger partial charge < -0.3 is 52.1 Å². The van der Waals surface area contributed by atoms with Crippen LogP contribution in [0.2, 0.25) is 0 Å². The molecule has 18 heteroatoms. The van der Waals surface area contributed by atoms with Gasteiger partial charge in [-0.15, -0.1) is 0 Å². The smallest absolute Gasteiger partial charge is 0.305 e. The molecule has 1 aromatic carbocycles.